The summed E-state index contributed by atoms with van der Waals surface area (Å²) in [7, 11) is 0. The molecule has 0 saturated carbocycles. The summed E-state index contributed by atoms with van der Waals surface area (Å²) in [6.45, 7) is 0.601. The van der Waals surface area contributed by atoms with Crippen molar-refractivity contribution in [2.45, 2.75) is 19.5 Å². The first-order valence-corrected chi connectivity index (χ1v) is 4.40. The molecular weight excluding hydrogens is 286 g/mol. The quantitative estimate of drug-likeness (QED) is 0.476. The molecule has 0 amide bonds. The largest absolute Gasteiger partial charge is 0.574 e. The Hall–Kier alpha value is -2.07. The fraction of sp³-hybridized carbons (Fsp3) is 0.375. The Morgan fingerprint density at radius 1 is 1.26 bits per heavy atom. The molecular formula is C8H4F6N2O3. The molecule has 0 aliphatic rings. The minimum absolute atomic E-state index is 0.0664. The Morgan fingerprint density at radius 2 is 1.79 bits per heavy atom. The zero-order valence-electron chi connectivity index (χ0n) is 8.96. The van der Waals surface area contributed by atoms with Crippen LogP contribution in [0.3, 0.4) is 0 Å². The first kappa shape index (κ1) is 15.0. The summed E-state index contributed by atoms with van der Waals surface area (Å²) in [4.78, 5) is 11.9. The third kappa shape index (κ3) is 3.45. The molecule has 0 fully saturated rings. The van der Waals surface area contributed by atoms with E-state index in [1.54, 1.807) is 0 Å². The molecule has 0 radical (unpaired) electrons. The summed E-state index contributed by atoms with van der Waals surface area (Å²) >= 11 is 0. The smallest absolute Gasteiger partial charge is 0.388 e. The fourth-order valence-electron chi connectivity index (χ4n) is 1.29. The molecule has 11 heteroatoms. The van der Waals surface area contributed by atoms with Gasteiger partial charge in [0.05, 0.1) is 4.92 Å². The van der Waals surface area contributed by atoms with Gasteiger partial charge in [0.25, 0.3) is 5.69 Å². The van der Waals surface area contributed by atoms with Gasteiger partial charge >= 0.3 is 12.5 Å². The van der Waals surface area contributed by atoms with E-state index in [0.717, 1.165) is 0 Å². The number of hydrogen-bond acceptors (Lipinski definition) is 4. The van der Waals surface area contributed by atoms with Crippen LogP contribution in [-0.2, 0) is 6.18 Å². The predicted octanol–water partition coefficient (Wildman–Crippen LogP) is 3.22. The number of pyridine rings is 1. The number of alkyl halides is 6. The Kier molecular flexibility index (Phi) is 3.59. The predicted molar refractivity (Wildman–Crippen MR) is 47.3 cm³/mol. The molecule has 0 unspecified atom stereocenters. The van der Waals surface area contributed by atoms with E-state index < -0.39 is 40.2 Å². The van der Waals surface area contributed by atoms with Gasteiger partial charge in [0.2, 0.25) is 5.88 Å². The van der Waals surface area contributed by atoms with Crippen molar-refractivity contribution in [3.8, 4) is 5.88 Å². The lowest BCUT2D eigenvalue weighted by Crippen LogP contribution is -2.20. The van der Waals surface area contributed by atoms with Crippen molar-refractivity contribution in [2.75, 3.05) is 0 Å². The lowest BCUT2D eigenvalue weighted by Gasteiger charge is -2.14. The minimum Gasteiger partial charge on any atom is -0.388 e. The number of hydrogen-bond donors (Lipinski definition) is 0. The fourth-order valence-corrected chi connectivity index (χ4v) is 1.29. The Bertz CT molecular complexity index is 510. The van der Waals surface area contributed by atoms with Crippen LogP contribution in [0.25, 0.3) is 0 Å². The first-order valence-electron chi connectivity index (χ1n) is 4.40. The minimum atomic E-state index is -5.25. The highest BCUT2D eigenvalue weighted by molar-refractivity contribution is 5.49. The van der Waals surface area contributed by atoms with Crippen LogP contribution in [0.5, 0.6) is 5.88 Å². The van der Waals surface area contributed by atoms with Gasteiger partial charge in [0.1, 0.15) is 11.8 Å². The standard InChI is InChI=1S/C8H4F6N2O3/c1-3-5(7(9,10)11)4(16(17)18)2-15-6(3)19-8(12,13)14/h2H,1H3. The van der Waals surface area contributed by atoms with Crippen LogP contribution in [0.15, 0.2) is 6.20 Å². The van der Waals surface area contributed by atoms with Gasteiger partial charge in [-0.25, -0.2) is 4.98 Å². The highest BCUT2D eigenvalue weighted by Crippen LogP contribution is 2.41. The van der Waals surface area contributed by atoms with Gasteiger partial charge in [-0.05, 0) is 6.92 Å². The van der Waals surface area contributed by atoms with Crippen molar-refractivity contribution in [1.29, 1.82) is 0 Å². The maximum absolute atomic E-state index is 12.6. The summed E-state index contributed by atoms with van der Waals surface area (Å²) in [5.41, 5.74) is -4.38. The van der Waals surface area contributed by atoms with E-state index in [1.807, 2.05) is 0 Å². The Morgan fingerprint density at radius 3 is 2.16 bits per heavy atom. The van der Waals surface area contributed by atoms with E-state index in [4.69, 9.17) is 0 Å². The lowest BCUT2D eigenvalue weighted by atomic mass is 10.1. The van der Waals surface area contributed by atoms with Crippen LogP contribution in [0.4, 0.5) is 32.0 Å². The second kappa shape index (κ2) is 4.55. The normalized spacial score (nSPS) is 12.4. The number of halogens is 6. The third-order valence-corrected chi connectivity index (χ3v) is 1.95. The van der Waals surface area contributed by atoms with Gasteiger partial charge in [-0.15, -0.1) is 13.2 Å². The summed E-state index contributed by atoms with van der Waals surface area (Å²) in [6.07, 6.45) is -10.4. The van der Waals surface area contributed by atoms with Crippen molar-refractivity contribution in [3.05, 3.63) is 27.4 Å². The highest BCUT2D eigenvalue weighted by Gasteiger charge is 2.43. The van der Waals surface area contributed by atoms with Crippen LogP contribution in [0, 0.1) is 17.0 Å². The highest BCUT2D eigenvalue weighted by atomic mass is 19.4. The average molecular weight is 290 g/mol. The van der Waals surface area contributed by atoms with E-state index in [9.17, 15) is 36.5 Å². The van der Waals surface area contributed by atoms with Crippen molar-refractivity contribution in [1.82, 2.24) is 4.98 Å². The number of aromatic nitrogens is 1. The molecule has 0 aliphatic heterocycles. The van der Waals surface area contributed by atoms with Gasteiger partial charge in [-0.3, -0.25) is 10.1 Å². The lowest BCUT2D eigenvalue weighted by molar-refractivity contribution is -0.388. The molecule has 19 heavy (non-hydrogen) atoms. The van der Waals surface area contributed by atoms with Crippen molar-refractivity contribution in [3.63, 3.8) is 0 Å². The summed E-state index contributed by atoms with van der Waals surface area (Å²) < 4.78 is 76.9. The zero-order chi connectivity index (χ0) is 15.0. The van der Waals surface area contributed by atoms with Crippen molar-refractivity contribution < 1.29 is 36.0 Å². The van der Waals surface area contributed by atoms with Crippen LogP contribution in [0.1, 0.15) is 11.1 Å². The third-order valence-electron chi connectivity index (χ3n) is 1.95. The van der Waals surface area contributed by atoms with Gasteiger partial charge in [-0.2, -0.15) is 13.2 Å². The number of nitro groups is 1. The molecule has 1 aromatic rings. The van der Waals surface area contributed by atoms with Gasteiger partial charge < -0.3 is 4.74 Å². The molecule has 0 bridgehead atoms. The molecule has 1 rings (SSSR count). The molecule has 0 saturated heterocycles. The number of ether oxygens (including phenoxy) is 1. The van der Waals surface area contributed by atoms with E-state index >= 15 is 0 Å². The number of nitrogens with zero attached hydrogens (tertiary/aromatic N) is 2. The molecule has 0 aromatic carbocycles. The van der Waals surface area contributed by atoms with Crippen LogP contribution in [0.2, 0.25) is 0 Å². The second-order valence-electron chi connectivity index (χ2n) is 3.25. The van der Waals surface area contributed by atoms with E-state index in [2.05, 4.69) is 9.72 Å². The van der Waals surface area contributed by atoms with E-state index in [-0.39, 0.29) is 6.20 Å². The summed E-state index contributed by atoms with van der Waals surface area (Å²) in [5.74, 6) is -1.38. The number of rotatable bonds is 2. The zero-order valence-corrected chi connectivity index (χ0v) is 8.96. The van der Waals surface area contributed by atoms with Crippen LogP contribution < -0.4 is 4.74 Å². The average Bonchev–Trinajstić information content (AvgIpc) is 2.16. The monoisotopic (exact) mass is 290 g/mol. The molecule has 106 valence electrons. The maximum atomic E-state index is 12.6. The summed E-state index contributed by atoms with van der Waals surface area (Å²) in [5, 5.41) is 10.4. The second-order valence-corrected chi connectivity index (χ2v) is 3.25. The van der Waals surface area contributed by atoms with Crippen molar-refractivity contribution in [2.24, 2.45) is 0 Å². The van der Waals surface area contributed by atoms with Gasteiger partial charge in [0, 0.05) is 5.56 Å². The van der Waals surface area contributed by atoms with Crippen molar-refractivity contribution >= 4 is 5.69 Å². The van der Waals surface area contributed by atoms with E-state index in [0.29, 0.717) is 6.92 Å². The molecule has 0 aliphatic carbocycles. The first-order chi connectivity index (χ1) is 8.43. The molecule has 0 N–H and O–H groups in total. The maximum Gasteiger partial charge on any atom is 0.574 e. The van der Waals surface area contributed by atoms with Gasteiger partial charge in [0.15, 0.2) is 0 Å². The van der Waals surface area contributed by atoms with Gasteiger partial charge in [-0.1, -0.05) is 0 Å². The van der Waals surface area contributed by atoms with Crippen LogP contribution >= 0.6 is 0 Å². The van der Waals surface area contributed by atoms with E-state index in [1.165, 1.54) is 0 Å². The molecule has 0 spiro atoms. The molecule has 5 nitrogen and oxygen atoms in total. The Labute approximate surface area is 101 Å². The molecule has 0 atom stereocenters. The SMILES string of the molecule is Cc1c(OC(F)(F)F)ncc([N+](=O)[O-])c1C(F)(F)F. The topological polar surface area (TPSA) is 65.3 Å². The van der Waals surface area contributed by atoms with Crippen LogP contribution in [-0.4, -0.2) is 16.3 Å². The summed E-state index contributed by atoms with van der Waals surface area (Å²) in [6, 6.07) is 0. The Balaban J connectivity index is 3.47. The molecule has 1 heterocycles. The molecule has 1 aromatic heterocycles.